The Morgan fingerprint density at radius 3 is 2.56 bits per heavy atom. The Kier molecular flexibility index (Phi) is 4.57. The van der Waals surface area contributed by atoms with Crippen LogP contribution >= 0.6 is 0 Å². The monoisotopic (exact) mass is 349 g/mol. The van der Waals surface area contributed by atoms with Crippen molar-refractivity contribution >= 4 is 23.0 Å². The summed E-state index contributed by atoms with van der Waals surface area (Å²) in [5, 5.41) is 2.63. The van der Waals surface area contributed by atoms with Gasteiger partial charge in [0.15, 0.2) is 0 Å². The van der Waals surface area contributed by atoms with Gasteiger partial charge in [0, 0.05) is 23.6 Å². The van der Waals surface area contributed by atoms with Crippen LogP contribution in [0.1, 0.15) is 17.5 Å². The molecule has 2 aromatic rings. The standard InChI is InChI=1S/C18H18F3N3O/c19-18(20,21)12-6-8-13(9-7-12)23-17(25)11-24-10-2-3-14-15(22)4-1-5-16(14)24/h1,4-9H,2-3,10-11,22H2,(H,23,25). The van der Waals surface area contributed by atoms with Gasteiger partial charge in [-0.25, -0.2) is 0 Å². The number of nitrogens with one attached hydrogen (secondary N) is 1. The zero-order chi connectivity index (χ0) is 18.0. The highest BCUT2D eigenvalue weighted by Crippen LogP contribution is 2.31. The number of hydrogen-bond acceptors (Lipinski definition) is 3. The summed E-state index contributed by atoms with van der Waals surface area (Å²) in [7, 11) is 0. The summed E-state index contributed by atoms with van der Waals surface area (Å²) < 4.78 is 37.7. The van der Waals surface area contributed by atoms with Crippen LogP contribution < -0.4 is 16.0 Å². The molecule has 0 spiro atoms. The van der Waals surface area contributed by atoms with Crippen molar-refractivity contribution in [2.45, 2.75) is 19.0 Å². The van der Waals surface area contributed by atoms with E-state index in [1.807, 2.05) is 23.1 Å². The Morgan fingerprint density at radius 1 is 1.16 bits per heavy atom. The fraction of sp³-hybridized carbons (Fsp3) is 0.278. The lowest BCUT2D eigenvalue weighted by Crippen LogP contribution is -2.37. The summed E-state index contributed by atoms with van der Waals surface area (Å²) in [6, 6.07) is 10.0. The lowest BCUT2D eigenvalue weighted by atomic mass is 10.00. The molecular weight excluding hydrogens is 331 g/mol. The summed E-state index contributed by atoms with van der Waals surface area (Å²) in [5.74, 6) is -0.282. The summed E-state index contributed by atoms with van der Waals surface area (Å²) in [5.41, 5.74) is 8.27. The third-order valence-corrected chi connectivity index (χ3v) is 4.21. The highest BCUT2D eigenvalue weighted by Gasteiger charge is 2.30. The van der Waals surface area contributed by atoms with E-state index in [1.54, 1.807) is 0 Å². The van der Waals surface area contributed by atoms with Gasteiger partial charge in [-0.2, -0.15) is 13.2 Å². The first-order valence-electron chi connectivity index (χ1n) is 7.94. The number of rotatable bonds is 3. The smallest absolute Gasteiger partial charge is 0.398 e. The van der Waals surface area contributed by atoms with Gasteiger partial charge in [-0.05, 0) is 54.8 Å². The van der Waals surface area contributed by atoms with Gasteiger partial charge in [0.1, 0.15) is 0 Å². The van der Waals surface area contributed by atoms with Crippen LogP contribution in [0, 0.1) is 0 Å². The Hall–Kier alpha value is -2.70. The molecule has 0 aliphatic carbocycles. The first-order valence-corrected chi connectivity index (χ1v) is 7.94. The molecule has 4 nitrogen and oxygen atoms in total. The zero-order valence-corrected chi connectivity index (χ0v) is 13.4. The molecule has 1 heterocycles. The van der Waals surface area contributed by atoms with E-state index in [0.717, 1.165) is 42.8 Å². The Bertz CT molecular complexity index is 772. The summed E-state index contributed by atoms with van der Waals surface area (Å²) >= 11 is 0. The van der Waals surface area contributed by atoms with E-state index in [9.17, 15) is 18.0 Å². The molecular formula is C18H18F3N3O. The molecule has 0 radical (unpaired) electrons. The van der Waals surface area contributed by atoms with Crippen LogP contribution in [0.25, 0.3) is 0 Å². The van der Waals surface area contributed by atoms with Gasteiger partial charge >= 0.3 is 6.18 Å². The van der Waals surface area contributed by atoms with E-state index < -0.39 is 11.7 Å². The maximum atomic E-state index is 12.6. The van der Waals surface area contributed by atoms with Crippen molar-refractivity contribution in [2.75, 3.05) is 29.0 Å². The average Bonchev–Trinajstić information content (AvgIpc) is 2.55. The Labute approximate surface area is 143 Å². The first kappa shape index (κ1) is 17.1. The quantitative estimate of drug-likeness (QED) is 0.831. The molecule has 2 aromatic carbocycles. The fourth-order valence-corrected chi connectivity index (χ4v) is 3.01. The van der Waals surface area contributed by atoms with Gasteiger partial charge in [0.2, 0.25) is 5.91 Å². The summed E-state index contributed by atoms with van der Waals surface area (Å²) in [6.07, 6.45) is -2.62. The van der Waals surface area contributed by atoms with E-state index in [0.29, 0.717) is 11.4 Å². The zero-order valence-electron chi connectivity index (χ0n) is 13.4. The van der Waals surface area contributed by atoms with Crippen LogP contribution in [0.15, 0.2) is 42.5 Å². The topological polar surface area (TPSA) is 58.4 Å². The van der Waals surface area contributed by atoms with Crippen molar-refractivity contribution < 1.29 is 18.0 Å². The van der Waals surface area contributed by atoms with Crippen molar-refractivity contribution in [3.05, 3.63) is 53.6 Å². The van der Waals surface area contributed by atoms with Crippen LogP contribution in [0.5, 0.6) is 0 Å². The fourth-order valence-electron chi connectivity index (χ4n) is 3.01. The summed E-state index contributed by atoms with van der Waals surface area (Å²) in [6.45, 7) is 0.856. The van der Waals surface area contributed by atoms with E-state index >= 15 is 0 Å². The van der Waals surface area contributed by atoms with Crippen LogP contribution in [-0.4, -0.2) is 19.0 Å². The Morgan fingerprint density at radius 2 is 1.88 bits per heavy atom. The molecule has 25 heavy (non-hydrogen) atoms. The van der Waals surface area contributed by atoms with Gasteiger partial charge in [0.05, 0.1) is 12.1 Å². The van der Waals surface area contributed by atoms with E-state index in [1.165, 1.54) is 12.1 Å². The second-order valence-corrected chi connectivity index (χ2v) is 5.99. The highest BCUT2D eigenvalue weighted by atomic mass is 19.4. The number of halogens is 3. The van der Waals surface area contributed by atoms with Crippen LogP contribution in [-0.2, 0) is 17.4 Å². The second kappa shape index (κ2) is 6.66. The lowest BCUT2D eigenvalue weighted by molar-refractivity contribution is -0.137. The number of fused-ring (bicyclic) bond motifs is 1. The molecule has 7 heteroatoms. The molecule has 1 amide bonds. The van der Waals surface area contributed by atoms with Crippen molar-refractivity contribution in [3.8, 4) is 0 Å². The van der Waals surface area contributed by atoms with Crippen LogP contribution in [0.3, 0.4) is 0 Å². The number of nitrogens with two attached hydrogens (primary N) is 1. The van der Waals surface area contributed by atoms with Gasteiger partial charge in [-0.1, -0.05) is 6.07 Å². The van der Waals surface area contributed by atoms with Crippen molar-refractivity contribution in [2.24, 2.45) is 0 Å². The molecule has 132 valence electrons. The second-order valence-electron chi connectivity index (χ2n) is 5.99. The number of nitrogen functional groups attached to an aromatic ring is 1. The molecule has 0 saturated carbocycles. The van der Waals surface area contributed by atoms with E-state index in [2.05, 4.69) is 5.32 Å². The third kappa shape index (κ3) is 3.87. The SMILES string of the molecule is Nc1cccc2c1CCCN2CC(=O)Nc1ccc(C(F)(F)F)cc1. The first-order chi connectivity index (χ1) is 11.8. The molecule has 0 bridgehead atoms. The summed E-state index contributed by atoms with van der Waals surface area (Å²) in [4.78, 5) is 14.2. The lowest BCUT2D eigenvalue weighted by Gasteiger charge is -2.31. The molecule has 0 atom stereocenters. The normalized spacial score (nSPS) is 14.1. The number of carbonyl (C=O) groups is 1. The number of alkyl halides is 3. The number of carbonyl (C=O) groups excluding carboxylic acids is 1. The number of benzene rings is 2. The number of nitrogens with zero attached hydrogens (tertiary/aromatic N) is 1. The van der Waals surface area contributed by atoms with Crippen molar-refractivity contribution in [1.82, 2.24) is 0 Å². The molecule has 0 fully saturated rings. The third-order valence-electron chi connectivity index (χ3n) is 4.21. The molecule has 0 saturated heterocycles. The molecule has 1 aliphatic rings. The number of hydrogen-bond donors (Lipinski definition) is 2. The van der Waals surface area contributed by atoms with Gasteiger partial charge in [0.25, 0.3) is 0 Å². The highest BCUT2D eigenvalue weighted by molar-refractivity contribution is 5.94. The number of amides is 1. The van der Waals surface area contributed by atoms with Gasteiger partial charge < -0.3 is 16.0 Å². The molecule has 1 aliphatic heterocycles. The molecule has 3 N–H and O–H groups in total. The van der Waals surface area contributed by atoms with Crippen molar-refractivity contribution in [3.63, 3.8) is 0 Å². The predicted molar refractivity (Wildman–Crippen MR) is 91.5 cm³/mol. The minimum absolute atomic E-state index is 0.122. The average molecular weight is 349 g/mol. The minimum atomic E-state index is -4.39. The maximum absolute atomic E-state index is 12.6. The molecule has 0 aromatic heterocycles. The van der Waals surface area contributed by atoms with Gasteiger partial charge in [-0.15, -0.1) is 0 Å². The predicted octanol–water partition coefficient (Wildman–Crippen LogP) is 3.68. The van der Waals surface area contributed by atoms with Crippen LogP contribution in [0.2, 0.25) is 0 Å². The molecule has 3 rings (SSSR count). The van der Waals surface area contributed by atoms with E-state index in [-0.39, 0.29) is 12.5 Å². The van der Waals surface area contributed by atoms with E-state index in [4.69, 9.17) is 5.73 Å². The minimum Gasteiger partial charge on any atom is -0.398 e. The molecule has 0 unspecified atom stereocenters. The Balaban J connectivity index is 1.67. The van der Waals surface area contributed by atoms with Gasteiger partial charge in [-0.3, -0.25) is 4.79 Å². The number of anilines is 3. The van der Waals surface area contributed by atoms with Crippen LogP contribution in [0.4, 0.5) is 30.2 Å². The maximum Gasteiger partial charge on any atom is 0.416 e. The largest absolute Gasteiger partial charge is 0.416 e. The van der Waals surface area contributed by atoms with Crippen molar-refractivity contribution in [1.29, 1.82) is 0 Å².